The highest BCUT2D eigenvalue weighted by Crippen LogP contribution is 2.26. The lowest BCUT2D eigenvalue weighted by Crippen LogP contribution is -2.28. The minimum absolute atomic E-state index is 0.0214. The molecule has 1 heterocycles. The Morgan fingerprint density at radius 3 is 2.65 bits per heavy atom. The topological polar surface area (TPSA) is 49.4 Å². The van der Waals surface area contributed by atoms with Crippen LogP contribution in [0.15, 0.2) is 48.5 Å². The van der Waals surface area contributed by atoms with E-state index in [2.05, 4.69) is 5.32 Å². The molecule has 1 atom stereocenters. The summed E-state index contributed by atoms with van der Waals surface area (Å²) < 4.78 is 0. The second-order valence-electron chi connectivity index (χ2n) is 5.74. The summed E-state index contributed by atoms with van der Waals surface area (Å²) in [5, 5.41) is 3.45. The zero-order valence-corrected chi connectivity index (χ0v) is 13.5. The Kier molecular flexibility index (Phi) is 4.35. The highest BCUT2D eigenvalue weighted by molar-refractivity contribution is 6.30. The van der Waals surface area contributed by atoms with Gasteiger partial charge in [-0.2, -0.15) is 0 Å². The molecular formula is C18H17ClN2O2. The van der Waals surface area contributed by atoms with Crippen LogP contribution in [0.1, 0.15) is 12.0 Å². The third-order valence-electron chi connectivity index (χ3n) is 3.92. The van der Waals surface area contributed by atoms with Crippen LogP contribution in [0.25, 0.3) is 0 Å². The van der Waals surface area contributed by atoms with Crippen LogP contribution in [0.2, 0.25) is 5.02 Å². The molecule has 4 nitrogen and oxygen atoms in total. The Morgan fingerprint density at radius 2 is 1.96 bits per heavy atom. The van der Waals surface area contributed by atoms with Crippen molar-refractivity contribution in [2.24, 2.45) is 5.92 Å². The number of nitrogens with one attached hydrogen (secondary N) is 1. The number of aryl methyl sites for hydroxylation is 1. The van der Waals surface area contributed by atoms with Gasteiger partial charge in [0.15, 0.2) is 0 Å². The van der Waals surface area contributed by atoms with Crippen molar-refractivity contribution in [3.05, 3.63) is 59.1 Å². The monoisotopic (exact) mass is 328 g/mol. The third-order valence-corrected chi connectivity index (χ3v) is 4.17. The van der Waals surface area contributed by atoms with Gasteiger partial charge in [0.25, 0.3) is 0 Å². The molecule has 2 aromatic rings. The number of carbonyl (C=O) groups excluding carboxylic acids is 2. The van der Waals surface area contributed by atoms with Crippen molar-refractivity contribution in [3.63, 3.8) is 0 Å². The Bertz CT molecular complexity index is 743. The second-order valence-corrected chi connectivity index (χ2v) is 6.18. The molecule has 2 aromatic carbocycles. The van der Waals surface area contributed by atoms with Gasteiger partial charge >= 0.3 is 0 Å². The van der Waals surface area contributed by atoms with E-state index in [0.717, 1.165) is 11.3 Å². The van der Waals surface area contributed by atoms with Crippen LogP contribution in [-0.2, 0) is 9.59 Å². The molecule has 1 saturated heterocycles. The maximum atomic E-state index is 12.4. The first-order valence-corrected chi connectivity index (χ1v) is 7.84. The quantitative estimate of drug-likeness (QED) is 0.935. The minimum atomic E-state index is -0.348. The highest BCUT2D eigenvalue weighted by atomic mass is 35.5. The van der Waals surface area contributed by atoms with E-state index in [4.69, 9.17) is 11.6 Å². The van der Waals surface area contributed by atoms with Gasteiger partial charge in [-0.25, -0.2) is 0 Å². The van der Waals surface area contributed by atoms with Gasteiger partial charge in [0.2, 0.25) is 11.8 Å². The van der Waals surface area contributed by atoms with Crippen molar-refractivity contribution in [1.29, 1.82) is 0 Å². The summed E-state index contributed by atoms with van der Waals surface area (Å²) in [5.41, 5.74) is 2.61. The molecule has 2 amide bonds. The number of benzene rings is 2. The first-order chi connectivity index (χ1) is 11.0. The molecule has 0 radical (unpaired) electrons. The predicted octanol–water partition coefficient (Wildman–Crippen LogP) is 3.64. The number of rotatable bonds is 3. The van der Waals surface area contributed by atoms with E-state index in [-0.39, 0.29) is 24.2 Å². The van der Waals surface area contributed by atoms with Crippen LogP contribution in [0.4, 0.5) is 11.4 Å². The summed E-state index contributed by atoms with van der Waals surface area (Å²) in [6.45, 7) is 2.39. The van der Waals surface area contributed by atoms with Gasteiger partial charge in [0.05, 0.1) is 5.92 Å². The zero-order chi connectivity index (χ0) is 16.4. The average molecular weight is 329 g/mol. The van der Waals surface area contributed by atoms with Gasteiger partial charge in [-0.1, -0.05) is 23.7 Å². The van der Waals surface area contributed by atoms with E-state index in [1.165, 1.54) is 0 Å². The lowest BCUT2D eigenvalue weighted by atomic mass is 10.1. The van der Waals surface area contributed by atoms with Gasteiger partial charge in [0, 0.05) is 29.4 Å². The van der Waals surface area contributed by atoms with Crippen molar-refractivity contribution < 1.29 is 9.59 Å². The van der Waals surface area contributed by atoms with E-state index in [1.54, 1.807) is 29.2 Å². The molecule has 0 aromatic heterocycles. The Hall–Kier alpha value is -2.33. The van der Waals surface area contributed by atoms with Crippen LogP contribution in [0.5, 0.6) is 0 Å². The van der Waals surface area contributed by atoms with Gasteiger partial charge in [-0.15, -0.1) is 0 Å². The van der Waals surface area contributed by atoms with Crippen molar-refractivity contribution in [2.75, 3.05) is 16.8 Å². The fourth-order valence-corrected chi connectivity index (χ4v) is 2.83. The van der Waals surface area contributed by atoms with Crippen LogP contribution in [-0.4, -0.2) is 18.4 Å². The largest absolute Gasteiger partial charge is 0.326 e. The summed E-state index contributed by atoms with van der Waals surface area (Å²) in [7, 11) is 0. The van der Waals surface area contributed by atoms with E-state index in [9.17, 15) is 9.59 Å². The van der Waals surface area contributed by atoms with Crippen molar-refractivity contribution in [2.45, 2.75) is 13.3 Å². The Labute approximate surface area is 140 Å². The standard InChI is InChI=1S/C18H17ClN2O2/c1-12-3-2-4-16(9-12)21-11-13(10-17(21)22)18(23)20-15-7-5-14(19)6-8-15/h2-9,13H,10-11H2,1H3,(H,20,23)/t13-/m0/s1. The smallest absolute Gasteiger partial charge is 0.229 e. The first-order valence-electron chi connectivity index (χ1n) is 7.46. The number of hydrogen-bond acceptors (Lipinski definition) is 2. The Balaban J connectivity index is 1.69. The Morgan fingerprint density at radius 1 is 1.22 bits per heavy atom. The van der Waals surface area contributed by atoms with Crippen molar-refractivity contribution in [3.8, 4) is 0 Å². The van der Waals surface area contributed by atoms with Crippen LogP contribution in [0.3, 0.4) is 0 Å². The molecule has 0 unspecified atom stereocenters. The van der Waals surface area contributed by atoms with Crippen LogP contribution in [0, 0.1) is 12.8 Å². The van der Waals surface area contributed by atoms with E-state index in [1.807, 2.05) is 31.2 Å². The van der Waals surface area contributed by atoms with Gasteiger partial charge in [-0.05, 0) is 48.9 Å². The zero-order valence-electron chi connectivity index (χ0n) is 12.8. The maximum Gasteiger partial charge on any atom is 0.229 e. The number of halogens is 1. The lowest BCUT2D eigenvalue weighted by Gasteiger charge is -2.17. The van der Waals surface area contributed by atoms with Gasteiger partial charge in [-0.3, -0.25) is 9.59 Å². The molecule has 1 aliphatic rings. The van der Waals surface area contributed by atoms with Crippen LogP contribution >= 0.6 is 11.6 Å². The number of nitrogens with zero attached hydrogens (tertiary/aromatic N) is 1. The maximum absolute atomic E-state index is 12.4. The minimum Gasteiger partial charge on any atom is -0.326 e. The van der Waals surface area contributed by atoms with Gasteiger partial charge in [0.1, 0.15) is 0 Å². The summed E-state index contributed by atoms with van der Waals surface area (Å²) in [6.07, 6.45) is 0.230. The molecule has 118 valence electrons. The lowest BCUT2D eigenvalue weighted by molar-refractivity contribution is -0.122. The predicted molar refractivity (Wildman–Crippen MR) is 91.7 cm³/mol. The third kappa shape index (κ3) is 3.54. The molecule has 1 aliphatic heterocycles. The first kappa shape index (κ1) is 15.6. The van der Waals surface area contributed by atoms with Crippen molar-refractivity contribution >= 4 is 34.8 Å². The summed E-state index contributed by atoms with van der Waals surface area (Å²) in [4.78, 5) is 26.3. The summed E-state index contributed by atoms with van der Waals surface area (Å²) in [6, 6.07) is 14.7. The molecule has 3 rings (SSSR count). The second kappa shape index (κ2) is 6.42. The average Bonchev–Trinajstić information content (AvgIpc) is 2.92. The van der Waals surface area contributed by atoms with E-state index < -0.39 is 0 Å². The number of carbonyl (C=O) groups is 2. The number of hydrogen-bond donors (Lipinski definition) is 1. The molecule has 5 heteroatoms. The fourth-order valence-electron chi connectivity index (χ4n) is 2.71. The molecule has 0 spiro atoms. The van der Waals surface area contributed by atoms with Crippen LogP contribution < -0.4 is 10.2 Å². The fraction of sp³-hybridized carbons (Fsp3) is 0.222. The molecule has 1 N–H and O–H groups in total. The molecule has 1 fully saturated rings. The van der Waals surface area contributed by atoms with Gasteiger partial charge < -0.3 is 10.2 Å². The van der Waals surface area contributed by atoms with E-state index in [0.29, 0.717) is 17.3 Å². The number of anilines is 2. The summed E-state index contributed by atoms with van der Waals surface area (Å²) in [5.74, 6) is -0.513. The SMILES string of the molecule is Cc1cccc(N2C[C@@H](C(=O)Nc3ccc(Cl)cc3)CC2=O)c1. The molecule has 0 bridgehead atoms. The normalized spacial score (nSPS) is 17.4. The van der Waals surface area contributed by atoms with E-state index >= 15 is 0 Å². The molecule has 23 heavy (non-hydrogen) atoms. The van der Waals surface area contributed by atoms with Crippen molar-refractivity contribution in [1.82, 2.24) is 0 Å². The highest BCUT2D eigenvalue weighted by Gasteiger charge is 2.35. The molecule has 0 aliphatic carbocycles. The molecular weight excluding hydrogens is 312 g/mol. The number of amides is 2. The molecule has 0 saturated carbocycles. The summed E-state index contributed by atoms with van der Waals surface area (Å²) >= 11 is 5.83.